The molecular formula is C23H23ClN2O3S. The standard InChI is InChI=1S/C23H23ClN2O3S/c1-2-15-25-23(27)19-11-8-12-20(16-19)30(28,29)26(17-18-9-4-3-5-10-18)22-14-7-6-13-21(22)24/h3-14,16H,2,15,17H2,1H3,(H,25,27). The van der Waals surface area contributed by atoms with Crippen LogP contribution < -0.4 is 9.62 Å². The molecule has 3 aromatic carbocycles. The van der Waals surface area contributed by atoms with Crippen molar-refractivity contribution in [3.63, 3.8) is 0 Å². The number of nitrogens with zero attached hydrogens (tertiary/aromatic N) is 1. The van der Waals surface area contributed by atoms with Crippen molar-refractivity contribution in [1.29, 1.82) is 0 Å². The van der Waals surface area contributed by atoms with Crippen LogP contribution >= 0.6 is 11.6 Å². The van der Waals surface area contributed by atoms with Crippen LogP contribution in [-0.2, 0) is 16.6 Å². The predicted molar refractivity (Wildman–Crippen MR) is 120 cm³/mol. The molecule has 0 aromatic heterocycles. The van der Waals surface area contributed by atoms with E-state index in [1.54, 1.807) is 36.4 Å². The van der Waals surface area contributed by atoms with E-state index >= 15 is 0 Å². The number of halogens is 1. The van der Waals surface area contributed by atoms with Gasteiger partial charge in [0.2, 0.25) is 0 Å². The molecule has 0 unspecified atom stereocenters. The van der Waals surface area contributed by atoms with Gasteiger partial charge in [0.1, 0.15) is 0 Å². The summed E-state index contributed by atoms with van der Waals surface area (Å²) in [6.07, 6.45) is 0.793. The van der Waals surface area contributed by atoms with Crippen molar-refractivity contribution in [2.45, 2.75) is 24.8 Å². The molecule has 0 saturated heterocycles. The van der Waals surface area contributed by atoms with Crippen molar-refractivity contribution in [3.8, 4) is 0 Å². The maximum absolute atomic E-state index is 13.6. The monoisotopic (exact) mass is 442 g/mol. The average molecular weight is 443 g/mol. The number of carbonyl (C=O) groups excluding carboxylic acids is 1. The zero-order chi connectivity index (χ0) is 21.6. The first-order valence-electron chi connectivity index (χ1n) is 9.63. The van der Waals surface area contributed by atoms with Crippen LogP contribution in [0.1, 0.15) is 29.3 Å². The highest BCUT2D eigenvalue weighted by molar-refractivity contribution is 7.92. The van der Waals surface area contributed by atoms with Crippen molar-refractivity contribution >= 4 is 33.2 Å². The van der Waals surface area contributed by atoms with Crippen molar-refractivity contribution in [2.75, 3.05) is 10.8 Å². The number of hydrogen-bond acceptors (Lipinski definition) is 3. The number of anilines is 1. The number of sulfonamides is 1. The molecule has 3 aromatic rings. The van der Waals surface area contributed by atoms with E-state index in [1.165, 1.54) is 16.4 Å². The number of rotatable bonds is 8. The van der Waals surface area contributed by atoms with Gasteiger partial charge in [0.25, 0.3) is 15.9 Å². The summed E-state index contributed by atoms with van der Waals surface area (Å²) in [7, 11) is -3.98. The zero-order valence-electron chi connectivity index (χ0n) is 16.6. The van der Waals surface area contributed by atoms with Crippen molar-refractivity contribution in [2.24, 2.45) is 0 Å². The number of para-hydroxylation sites is 1. The van der Waals surface area contributed by atoms with Crippen LogP contribution in [0.4, 0.5) is 5.69 Å². The molecule has 0 heterocycles. The molecule has 0 aliphatic rings. The molecule has 3 rings (SSSR count). The van der Waals surface area contributed by atoms with Gasteiger partial charge in [-0.1, -0.05) is 67.1 Å². The SMILES string of the molecule is CCCNC(=O)c1cccc(S(=O)(=O)N(Cc2ccccc2)c2ccccc2Cl)c1. The van der Waals surface area contributed by atoms with Crippen LogP contribution in [0.15, 0.2) is 83.8 Å². The Kier molecular flexibility index (Phi) is 7.13. The first kappa shape index (κ1) is 21.9. The Hall–Kier alpha value is -2.83. The van der Waals surface area contributed by atoms with Gasteiger partial charge in [0.05, 0.1) is 22.2 Å². The van der Waals surface area contributed by atoms with Crippen LogP contribution in [0.2, 0.25) is 5.02 Å². The van der Waals surface area contributed by atoms with E-state index in [2.05, 4.69) is 5.32 Å². The van der Waals surface area contributed by atoms with E-state index in [4.69, 9.17) is 11.6 Å². The fraction of sp³-hybridized carbons (Fsp3) is 0.174. The molecule has 0 fully saturated rings. The lowest BCUT2D eigenvalue weighted by atomic mass is 10.2. The maximum Gasteiger partial charge on any atom is 0.264 e. The van der Waals surface area contributed by atoms with E-state index < -0.39 is 10.0 Å². The second-order valence-electron chi connectivity index (χ2n) is 6.73. The van der Waals surface area contributed by atoms with Gasteiger partial charge in [-0.15, -0.1) is 0 Å². The van der Waals surface area contributed by atoms with Crippen LogP contribution in [-0.4, -0.2) is 20.9 Å². The molecule has 156 valence electrons. The highest BCUT2D eigenvalue weighted by Crippen LogP contribution is 2.32. The molecule has 0 aliphatic heterocycles. The normalized spacial score (nSPS) is 11.1. The number of nitrogens with one attached hydrogen (secondary N) is 1. The van der Waals surface area contributed by atoms with Crippen molar-refractivity contribution in [3.05, 3.63) is 95.0 Å². The Balaban J connectivity index is 2.04. The van der Waals surface area contributed by atoms with Gasteiger partial charge >= 0.3 is 0 Å². The Morgan fingerprint density at radius 1 is 0.967 bits per heavy atom. The first-order valence-corrected chi connectivity index (χ1v) is 11.4. The lowest BCUT2D eigenvalue weighted by Gasteiger charge is -2.26. The first-order chi connectivity index (χ1) is 14.4. The summed E-state index contributed by atoms with van der Waals surface area (Å²) in [5.41, 5.74) is 1.49. The summed E-state index contributed by atoms with van der Waals surface area (Å²) in [4.78, 5) is 12.4. The van der Waals surface area contributed by atoms with Gasteiger partial charge in [0.15, 0.2) is 0 Å². The minimum atomic E-state index is -3.98. The van der Waals surface area contributed by atoms with Crippen LogP contribution in [0, 0.1) is 0 Å². The van der Waals surface area contributed by atoms with E-state index in [0.29, 0.717) is 22.8 Å². The van der Waals surface area contributed by atoms with E-state index in [1.807, 2.05) is 37.3 Å². The van der Waals surface area contributed by atoms with E-state index in [0.717, 1.165) is 12.0 Å². The summed E-state index contributed by atoms with van der Waals surface area (Å²) < 4.78 is 28.5. The molecule has 0 spiro atoms. The Labute approximate surface area is 182 Å². The molecular weight excluding hydrogens is 420 g/mol. The summed E-state index contributed by atoms with van der Waals surface area (Å²) in [6.45, 7) is 2.58. The van der Waals surface area contributed by atoms with Crippen LogP contribution in [0.5, 0.6) is 0 Å². The van der Waals surface area contributed by atoms with Gasteiger partial charge in [-0.05, 0) is 42.3 Å². The Morgan fingerprint density at radius 2 is 1.67 bits per heavy atom. The topological polar surface area (TPSA) is 66.5 Å². The smallest absolute Gasteiger partial charge is 0.264 e. The molecule has 0 saturated carbocycles. The molecule has 30 heavy (non-hydrogen) atoms. The minimum Gasteiger partial charge on any atom is -0.352 e. The average Bonchev–Trinajstić information content (AvgIpc) is 2.77. The van der Waals surface area contributed by atoms with Crippen LogP contribution in [0.25, 0.3) is 0 Å². The molecule has 0 aliphatic carbocycles. The lowest BCUT2D eigenvalue weighted by molar-refractivity contribution is 0.0953. The van der Waals surface area contributed by atoms with Gasteiger partial charge < -0.3 is 5.32 Å². The van der Waals surface area contributed by atoms with Crippen molar-refractivity contribution in [1.82, 2.24) is 5.32 Å². The molecule has 7 heteroatoms. The lowest BCUT2D eigenvalue weighted by Crippen LogP contribution is -2.31. The van der Waals surface area contributed by atoms with Gasteiger partial charge in [-0.3, -0.25) is 9.10 Å². The predicted octanol–water partition coefficient (Wildman–Crippen LogP) is 4.88. The summed E-state index contributed by atoms with van der Waals surface area (Å²) in [5.74, 6) is -0.304. The number of benzene rings is 3. The van der Waals surface area contributed by atoms with E-state index in [9.17, 15) is 13.2 Å². The largest absolute Gasteiger partial charge is 0.352 e. The van der Waals surface area contributed by atoms with Crippen molar-refractivity contribution < 1.29 is 13.2 Å². The number of amides is 1. The third-order valence-electron chi connectivity index (χ3n) is 4.51. The number of hydrogen-bond donors (Lipinski definition) is 1. The van der Waals surface area contributed by atoms with Gasteiger partial charge in [-0.25, -0.2) is 8.42 Å². The fourth-order valence-corrected chi connectivity index (χ4v) is 4.77. The third-order valence-corrected chi connectivity index (χ3v) is 6.59. The van der Waals surface area contributed by atoms with Gasteiger partial charge in [0, 0.05) is 12.1 Å². The maximum atomic E-state index is 13.6. The van der Waals surface area contributed by atoms with Crippen LogP contribution in [0.3, 0.4) is 0 Å². The highest BCUT2D eigenvalue weighted by atomic mass is 35.5. The Morgan fingerprint density at radius 3 is 2.37 bits per heavy atom. The quantitative estimate of drug-likeness (QED) is 0.540. The number of carbonyl (C=O) groups is 1. The van der Waals surface area contributed by atoms with Gasteiger partial charge in [-0.2, -0.15) is 0 Å². The molecule has 5 nitrogen and oxygen atoms in total. The highest BCUT2D eigenvalue weighted by Gasteiger charge is 2.27. The Bertz CT molecular complexity index is 1120. The molecule has 0 radical (unpaired) electrons. The molecule has 1 amide bonds. The molecule has 0 bridgehead atoms. The summed E-state index contributed by atoms with van der Waals surface area (Å²) >= 11 is 6.35. The summed E-state index contributed by atoms with van der Waals surface area (Å²) in [5, 5.41) is 3.10. The minimum absolute atomic E-state index is 0.0301. The summed E-state index contributed by atoms with van der Waals surface area (Å²) in [6, 6.07) is 22.1. The van der Waals surface area contributed by atoms with E-state index in [-0.39, 0.29) is 17.3 Å². The second-order valence-corrected chi connectivity index (χ2v) is 9.00. The third kappa shape index (κ3) is 5.01. The molecule has 1 N–H and O–H groups in total. The fourth-order valence-electron chi connectivity index (χ4n) is 2.97. The zero-order valence-corrected chi connectivity index (χ0v) is 18.2. The molecule has 0 atom stereocenters. The second kappa shape index (κ2) is 9.78.